The quantitative estimate of drug-likeness (QED) is 0.486. The highest BCUT2D eigenvalue weighted by molar-refractivity contribution is 5.94. The number of hydrogen-bond acceptors (Lipinski definition) is 7. The highest BCUT2D eigenvalue weighted by Gasteiger charge is 2.30. The number of piperidine rings is 1. The van der Waals surface area contributed by atoms with Crippen LogP contribution in [0.5, 0.6) is 6.01 Å². The van der Waals surface area contributed by atoms with Crippen molar-refractivity contribution >= 4 is 22.3 Å². The van der Waals surface area contributed by atoms with Gasteiger partial charge in [-0.2, -0.15) is 15.2 Å². The number of nitrogens with zero attached hydrogens (tertiary/aromatic N) is 6. The van der Waals surface area contributed by atoms with Gasteiger partial charge in [0, 0.05) is 48.7 Å². The zero-order chi connectivity index (χ0) is 25.2. The summed E-state index contributed by atoms with van der Waals surface area (Å²) in [4.78, 5) is 17.2. The molecule has 2 fully saturated rings. The van der Waals surface area contributed by atoms with E-state index in [2.05, 4.69) is 70.3 Å². The second kappa shape index (κ2) is 10.5. The van der Waals surface area contributed by atoms with E-state index in [9.17, 15) is 5.26 Å². The lowest BCUT2D eigenvalue weighted by Crippen LogP contribution is -2.39. The molecule has 192 valence electrons. The summed E-state index contributed by atoms with van der Waals surface area (Å²) in [6.45, 7) is 5.28. The van der Waals surface area contributed by atoms with Gasteiger partial charge in [0.1, 0.15) is 12.4 Å². The number of aromatic nitrogens is 2. The highest BCUT2D eigenvalue weighted by Crippen LogP contribution is 2.35. The number of likely N-dealkylation sites (N-methyl/N-ethyl adjacent to an activating group) is 1. The topological polar surface area (TPSA) is 68.5 Å². The number of benzene rings is 2. The Hall–Kier alpha value is -3.37. The fourth-order valence-electron chi connectivity index (χ4n) is 6.32. The van der Waals surface area contributed by atoms with E-state index in [1.807, 2.05) is 0 Å². The minimum absolute atomic E-state index is 0.400. The number of nitriles is 1. The standard InChI is InChI=1S/C30H36N6O/c1-34-16-6-10-24(34)21-37-30-32-27-20-35(28-12-4-9-23-8-2-3-11-25(23)28)18-14-26(27)29(33-30)36-17-5-7-22(19-36)13-15-31/h2-4,8-9,11-12,22,24H,5-7,10,13-14,16-21H2,1H3/t22-,24-/m0/s1. The minimum atomic E-state index is 0.400. The van der Waals surface area contributed by atoms with Gasteiger partial charge in [-0.1, -0.05) is 36.4 Å². The Morgan fingerprint density at radius 3 is 2.73 bits per heavy atom. The third-order valence-electron chi connectivity index (χ3n) is 8.40. The number of hydrogen-bond donors (Lipinski definition) is 0. The Morgan fingerprint density at radius 2 is 1.86 bits per heavy atom. The molecule has 0 spiro atoms. The second-order valence-corrected chi connectivity index (χ2v) is 10.8. The van der Waals surface area contributed by atoms with Crippen molar-refractivity contribution in [2.75, 3.05) is 49.6 Å². The van der Waals surface area contributed by atoms with E-state index in [0.717, 1.165) is 69.9 Å². The van der Waals surface area contributed by atoms with Gasteiger partial charge in [0.15, 0.2) is 0 Å². The van der Waals surface area contributed by atoms with Gasteiger partial charge in [-0.15, -0.1) is 0 Å². The van der Waals surface area contributed by atoms with E-state index in [1.165, 1.54) is 28.4 Å². The number of fused-ring (bicyclic) bond motifs is 2. The first-order chi connectivity index (χ1) is 18.2. The summed E-state index contributed by atoms with van der Waals surface area (Å²) >= 11 is 0. The summed E-state index contributed by atoms with van der Waals surface area (Å²) in [5.41, 5.74) is 3.58. The molecule has 2 saturated heterocycles. The van der Waals surface area contributed by atoms with Crippen LogP contribution in [0.1, 0.15) is 43.4 Å². The number of rotatable bonds is 6. The first-order valence-electron chi connectivity index (χ1n) is 13.8. The number of ether oxygens (including phenoxy) is 1. The Bertz CT molecular complexity index is 1300. The average Bonchev–Trinajstić information content (AvgIpc) is 3.35. The molecule has 0 bridgehead atoms. The SMILES string of the molecule is CN1CCC[C@H]1COc1nc2c(c(N3CCC[C@@H](CC#N)C3)n1)CCN(c1cccc3ccccc13)C2. The van der Waals surface area contributed by atoms with Gasteiger partial charge >= 0.3 is 6.01 Å². The molecule has 1 aromatic heterocycles. The van der Waals surface area contributed by atoms with Crippen molar-refractivity contribution in [2.24, 2.45) is 5.92 Å². The zero-order valence-corrected chi connectivity index (χ0v) is 21.8. The molecule has 6 rings (SSSR count). The third-order valence-corrected chi connectivity index (χ3v) is 8.40. The highest BCUT2D eigenvalue weighted by atomic mass is 16.5. The van der Waals surface area contributed by atoms with Crippen molar-refractivity contribution in [1.82, 2.24) is 14.9 Å². The molecule has 4 heterocycles. The van der Waals surface area contributed by atoms with Crippen LogP contribution in [0.25, 0.3) is 10.8 Å². The largest absolute Gasteiger partial charge is 0.462 e. The maximum Gasteiger partial charge on any atom is 0.318 e. The lowest BCUT2D eigenvalue weighted by atomic mass is 9.94. The molecule has 0 unspecified atom stereocenters. The van der Waals surface area contributed by atoms with E-state index in [4.69, 9.17) is 14.7 Å². The van der Waals surface area contributed by atoms with Crippen LogP contribution in [0, 0.1) is 17.2 Å². The van der Waals surface area contributed by atoms with Crippen molar-refractivity contribution in [3.63, 3.8) is 0 Å². The van der Waals surface area contributed by atoms with Crippen molar-refractivity contribution in [1.29, 1.82) is 5.26 Å². The van der Waals surface area contributed by atoms with E-state index in [0.29, 0.717) is 31.0 Å². The third kappa shape index (κ3) is 4.95. The predicted molar refractivity (Wildman–Crippen MR) is 147 cm³/mol. The number of likely N-dealkylation sites (tertiary alicyclic amines) is 1. The van der Waals surface area contributed by atoms with Gasteiger partial charge in [-0.3, -0.25) is 0 Å². The summed E-state index contributed by atoms with van der Waals surface area (Å²) in [5.74, 6) is 1.43. The molecule has 37 heavy (non-hydrogen) atoms. The van der Waals surface area contributed by atoms with Crippen LogP contribution in [0.3, 0.4) is 0 Å². The molecule has 2 atom stereocenters. The molecule has 7 heteroatoms. The van der Waals surface area contributed by atoms with Crippen LogP contribution in [0.2, 0.25) is 0 Å². The molecular weight excluding hydrogens is 460 g/mol. The summed E-state index contributed by atoms with van der Waals surface area (Å²) in [7, 11) is 2.17. The Balaban J connectivity index is 1.32. The van der Waals surface area contributed by atoms with E-state index in [-0.39, 0.29) is 0 Å². The predicted octanol–water partition coefficient (Wildman–Crippen LogP) is 4.80. The average molecular weight is 497 g/mol. The van der Waals surface area contributed by atoms with Crippen molar-refractivity contribution in [3.05, 3.63) is 53.7 Å². The second-order valence-electron chi connectivity index (χ2n) is 10.8. The molecule has 2 aromatic carbocycles. The first kappa shape index (κ1) is 24.0. The zero-order valence-electron chi connectivity index (χ0n) is 21.8. The smallest absolute Gasteiger partial charge is 0.318 e. The van der Waals surface area contributed by atoms with Crippen molar-refractivity contribution in [2.45, 2.75) is 51.1 Å². The molecule has 0 N–H and O–H groups in total. The summed E-state index contributed by atoms with van der Waals surface area (Å²) in [6, 6.07) is 18.4. The van der Waals surface area contributed by atoms with Crippen LogP contribution in [-0.2, 0) is 13.0 Å². The number of anilines is 2. The van der Waals surface area contributed by atoms with Gasteiger partial charge in [0.05, 0.1) is 18.3 Å². The van der Waals surface area contributed by atoms with Crippen LogP contribution >= 0.6 is 0 Å². The lowest BCUT2D eigenvalue weighted by molar-refractivity contribution is 0.187. The summed E-state index contributed by atoms with van der Waals surface area (Å²) < 4.78 is 6.28. The maximum atomic E-state index is 9.30. The van der Waals surface area contributed by atoms with E-state index in [1.54, 1.807) is 0 Å². The fraction of sp³-hybridized carbons (Fsp3) is 0.500. The summed E-state index contributed by atoms with van der Waals surface area (Å²) in [5, 5.41) is 11.8. The van der Waals surface area contributed by atoms with E-state index >= 15 is 0 Å². The van der Waals surface area contributed by atoms with Crippen LogP contribution in [-0.4, -0.2) is 60.7 Å². The minimum Gasteiger partial charge on any atom is -0.462 e. The summed E-state index contributed by atoms with van der Waals surface area (Å²) in [6.07, 6.45) is 6.09. The lowest BCUT2D eigenvalue weighted by Gasteiger charge is -2.37. The monoisotopic (exact) mass is 496 g/mol. The van der Waals surface area contributed by atoms with E-state index < -0.39 is 0 Å². The van der Waals surface area contributed by atoms with Crippen molar-refractivity contribution < 1.29 is 4.74 Å². The molecule has 0 aliphatic carbocycles. The van der Waals surface area contributed by atoms with Crippen LogP contribution in [0.15, 0.2) is 42.5 Å². The molecule has 3 aliphatic rings. The molecule has 0 amide bonds. The van der Waals surface area contributed by atoms with Gasteiger partial charge < -0.3 is 19.4 Å². The molecule has 3 aliphatic heterocycles. The Labute approximate surface area is 219 Å². The molecule has 0 radical (unpaired) electrons. The van der Waals surface area contributed by atoms with Gasteiger partial charge in [-0.25, -0.2) is 0 Å². The first-order valence-corrected chi connectivity index (χ1v) is 13.8. The molecule has 3 aromatic rings. The van der Waals surface area contributed by atoms with Gasteiger partial charge in [0.25, 0.3) is 0 Å². The fourth-order valence-corrected chi connectivity index (χ4v) is 6.32. The van der Waals surface area contributed by atoms with Gasteiger partial charge in [0.2, 0.25) is 0 Å². The van der Waals surface area contributed by atoms with Crippen LogP contribution in [0.4, 0.5) is 11.5 Å². The van der Waals surface area contributed by atoms with Crippen LogP contribution < -0.4 is 14.5 Å². The van der Waals surface area contributed by atoms with Crippen molar-refractivity contribution in [3.8, 4) is 12.1 Å². The maximum absolute atomic E-state index is 9.30. The van der Waals surface area contributed by atoms with Gasteiger partial charge in [-0.05, 0) is 63.1 Å². The molecule has 7 nitrogen and oxygen atoms in total. The molecular formula is C30H36N6O. The Morgan fingerprint density at radius 1 is 1.00 bits per heavy atom. The molecule has 0 saturated carbocycles. The Kier molecular flexibility index (Phi) is 6.84. The normalized spacial score (nSPS) is 22.2.